The molecule has 0 amide bonds. The van der Waals surface area contributed by atoms with Crippen molar-refractivity contribution in [1.82, 2.24) is 0 Å². The lowest BCUT2D eigenvalue weighted by Crippen LogP contribution is -1.81. The van der Waals surface area contributed by atoms with Crippen LogP contribution in [-0.2, 0) is 0 Å². The van der Waals surface area contributed by atoms with Crippen LogP contribution in [0.3, 0.4) is 0 Å². The molecule has 0 heteroatoms. The van der Waals surface area contributed by atoms with Gasteiger partial charge in [0.05, 0.1) is 0 Å². The van der Waals surface area contributed by atoms with E-state index in [1.54, 1.807) is 0 Å². The first-order chi connectivity index (χ1) is 9.45. The van der Waals surface area contributed by atoms with Crippen LogP contribution >= 0.6 is 0 Å². The molecule has 0 rings (SSSR count). The highest BCUT2D eigenvalue weighted by atomic mass is 14.0. The first-order valence-electron chi connectivity index (χ1n) is 7.70. The van der Waals surface area contributed by atoms with E-state index in [9.17, 15) is 0 Å². The zero-order chi connectivity index (χ0) is 15.4. The molecule has 0 aromatic heterocycles. The van der Waals surface area contributed by atoms with E-state index in [2.05, 4.69) is 59.1 Å². The average Bonchev–Trinajstić information content (AvgIpc) is 2.38. The molecule has 0 aliphatic heterocycles. The molecule has 0 aliphatic rings. The Bertz CT molecular complexity index is 384. The molecule has 0 unspecified atom stereocenters. The standard InChI is InChI=1S/C20H32/c1-7-18(4)12-9-14-20(6)16-10-15-19(5)13-8-11-17(2)3/h7,11,14-15H,1,4,8-10,12-13,16H2,2-3,5-6H3/b19-15?,20-14+. The molecule has 0 aliphatic carbocycles. The van der Waals surface area contributed by atoms with E-state index in [4.69, 9.17) is 0 Å². The van der Waals surface area contributed by atoms with Crippen LogP contribution in [0.25, 0.3) is 0 Å². The fourth-order valence-electron chi connectivity index (χ4n) is 1.94. The second-order valence-corrected chi connectivity index (χ2v) is 5.86. The van der Waals surface area contributed by atoms with E-state index in [-0.39, 0.29) is 0 Å². The Labute approximate surface area is 126 Å². The third-order valence-corrected chi connectivity index (χ3v) is 3.37. The first kappa shape index (κ1) is 18.7. The maximum absolute atomic E-state index is 3.93. The summed E-state index contributed by atoms with van der Waals surface area (Å²) >= 11 is 0. The molecule has 20 heavy (non-hydrogen) atoms. The van der Waals surface area contributed by atoms with Crippen LogP contribution in [0.15, 0.2) is 59.8 Å². The van der Waals surface area contributed by atoms with Crippen molar-refractivity contribution in [1.29, 1.82) is 0 Å². The van der Waals surface area contributed by atoms with Gasteiger partial charge < -0.3 is 0 Å². The molecular weight excluding hydrogens is 240 g/mol. The summed E-state index contributed by atoms with van der Waals surface area (Å²) in [5.74, 6) is 0. The summed E-state index contributed by atoms with van der Waals surface area (Å²) in [5.41, 5.74) is 5.53. The quantitative estimate of drug-likeness (QED) is 0.299. The van der Waals surface area contributed by atoms with Crippen LogP contribution in [0, 0.1) is 0 Å². The Hall–Kier alpha value is -1.30. The zero-order valence-corrected chi connectivity index (χ0v) is 14.0. The van der Waals surface area contributed by atoms with Crippen molar-refractivity contribution in [3.05, 3.63) is 59.8 Å². The lowest BCUT2D eigenvalue weighted by atomic mass is 10.0. The third kappa shape index (κ3) is 11.8. The van der Waals surface area contributed by atoms with Crippen LogP contribution in [0.4, 0.5) is 0 Å². The summed E-state index contributed by atoms with van der Waals surface area (Å²) < 4.78 is 0. The van der Waals surface area contributed by atoms with Gasteiger partial charge in [-0.3, -0.25) is 0 Å². The van der Waals surface area contributed by atoms with Crippen molar-refractivity contribution in [2.45, 2.75) is 66.2 Å². The summed E-state index contributed by atoms with van der Waals surface area (Å²) in [4.78, 5) is 0. The number of hydrogen-bond donors (Lipinski definition) is 0. The third-order valence-electron chi connectivity index (χ3n) is 3.37. The van der Waals surface area contributed by atoms with Crippen LogP contribution in [0.5, 0.6) is 0 Å². The monoisotopic (exact) mass is 272 g/mol. The molecule has 0 fully saturated rings. The Morgan fingerprint density at radius 1 is 0.750 bits per heavy atom. The van der Waals surface area contributed by atoms with Gasteiger partial charge in [-0.15, -0.1) is 0 Å². The Balaban J connectivity index is 3.90. The molecule has 0 heterocycles. The van der Waals surface area contributed by atoms with Crippen molar-refractivity contribution in [2.24, 2.45) is 0 Å². The molecule has 0 aromatic carbocycles. The topological polar surface area (TPSA) is 0 Å². The van der Waals surface area contributed by atoms with Crippen molar-refractivity contribution < 1.29 is 0 Å². The minimum atomic E-state index is 1.03. The highest BCUT2D eigenvalue weighted by molar-refractivity contribution is 5.12. The highest BCUT2D eigenvalue weighted by Crippen LogP contribution is 2.13. The van der Waals surface area contributed by atoms with Gasteiger partial charge in [0.2, 0.25) is 0 Å². The second-order valence-electron chi connectivity index (χ2n) is 5.86. The van der Waals surface area contributed by atoms with Gasteiger partial charge in [-0.1, -0.05) is 59.8 Å². The van der Waals surface area contributed by atoms with Crippen molar-refractivity contribution in [2.75, 3.05) is 0 Å². The SMILES string of the molecule is C=CC(=C)CC/C=C(\C)CCC=C(C)CCC=C(C)C. The largest absolute Gasteiger partial charge is 0.0988 e. The molecular formula is C20H32. The smallest absolute Gasteiger partial charge is 0.0250 e. The fraction of sp³-hybridized carbons (Fsp3) is 0.500. The predicted molar refractivity (Wildman–Crippen MR) is 94.0 cm³/mol. The summed E-state index contributed by atoms with van der Waals surface area (Å²) in [7, 11) is 0. The van der Waals surface area contributed by atoms with Crippen molar-refractivity contribution in [3.8, 4) is 0 Å². The van der Waals surface area contributed by atoms with Gasteiger partial charge in [0, 0.05) is 0 Å². The maximum atomic E-state index is 3.93. The summed E-state index contributed by atoms with van der Waals surface area (Å²) in [6.45, 7) is 16.5. The van der Waals surface area contributed by atoms with E-state index in [1.807, 2.05) is 6.08 Å². The zero-order valence-electron chi connectivity index (χ0n) is 14.0. The van der Waals surface area contributed by atoms with E-state index in [0.29, 0.717) is 0 Å². The van der Waals surface area contributed by atoms with E-state index < -0.39 is 0 Å². The Kier molecular flexibility index (Phi) is 10.8. The van der Waals surface area contributed by atoms with Gasteiger partial charge >= 0.3 is 0 Å². The van der Waals surface area contributed by atoms with Gasteiger partial charge in [-0.25, -0.2) is 0 Å². The number of rotatable bonds is 10. The lowest BCUT2D eigenvalue weighted by Gasteiger charge is -2.02. The van der Waals surface area contributed by atoms with Gasteiger partial charge in [-0.05, 0) is 66.2 Å². The molecule has 0 N–H and O–H groups in total. The highest BCUT2D eigenvalue weighted by Gasteiger charge is 1.92. The van der Waals surface area contributed by atoms with E-state index in [0.717, 1.165) is 24.8 Å². The second kappa shape index (κ2) is 11.5. The minimum Gasteiger partial charge on any atom is -0.0988 e. The van der Waals surface area contributed by atoms with Crippen molar-refractivity contribution >= 4 is 0 Å². The summed E-state index contributed by atoms with van der Waals surface area (Å²) in [6.07, 6.45) is 15.7. The summed E-state index contributed by atoms with van der Waals surface area (Å²) in [5, 5.41) is 0. The Morgan fingerprint density at radius 3 is 1.65 bits per heavy atom. The van der Waals surface area contributed by atoms with Gasteiger partial charge in [0.1, 0.15) is 0 Å². The molecule has 0 bridgehead atoms. The molecule has 0 aromatic rings. The lowest BCUT2D eigenvalue weighted by molar-refractivity contribution is 0.904. The molecule has 0 atom stereocenters. The van der Waals surface area contributed by atoms with Gasteiger partial charge in [0.25, 0.3) is 0 Å². The van der Waals surface area contributed by atoms with E-state index in [1.165, 1.54) is 36.0 Å². The van der Waals surface area contributed by atoms with E-state index >= 15 is 0 Å². The molecule has 0 nitrogen and oxygen atoms in total. The Morgan fingerprint density at radius 2 is 1.20 bits per heavy atom. The van der Waals surface area contributed by atoms with Crippen LogP contribution in [-0.4, -0.2) is 0 Å². The molecule has 112 valence electrons. The molecule has 0 saturated heterocycles. The molecule has 0 radical (unpaired) electrons. The predicted octanol–water partition coefficient (Wildman–Crippen LogP) is 6.93. The fourth-order valence-corrected chi connectivity index (χ4v) is 1.94. The van der Waals surface area contributed by atoms with Crippen LogP contribution in [0.2, 0.25) is 0 Å². The first-order valence-corrected chi connectivity index (χ1v) is 7.70. The van der Waals surface area contributed by atoms with Crippen LogP contribution < -0.4 is 0 Å². The normalized spacial score (nSPS) is 12.2. The van der Waals surface area contributed by atoms with Crippen molar-refractivity contribution in [3.63, 3.8) is 0 Å². The van der Waals surface area contributed by atoms with Crippen LogP contribution in [0.1, 0.15) is 66.2 Å². The average molecular weight is 272 g/mol. The van der Waals surface area contributed by atoms with Gasteiger partial charge in [-0.2, -0.15) is 0 Å². The molecule has 0 saturated carbocycles. The number of hydrogen-bond acceptors (Lipinski definition) is 0. The maximum Gasteiger partial charge on any atom is -0.0250 e. The number of allylic oxidation sites excluding steroid dienone is 8. The van der Waals surface area contributed by atoms with Gasteiger partial charge in [0.15, 0.2) is 0 Å². The minimum absolute atomic E-state index is 1.03. The molecule has 0 spiro atoms. The summed E-state index contributed by atoms with van der Waals surface area (Å²) in [6, 6.07) is 0.